The second-order valence-corrected chi connectivity index (χ2v) is 8.11. The van der Waals surface area contributed by atoms with Gasteiger partial charge in [-0.1, -0.05) is 43.2 Å². The summed E-state index contributed by atoms with van der Waals surface area (Å²) in [5.41, 5.74) is 0.834. The van der Waals surface area contributed by atoms with Crippen LogP contribution < -0.4 is 5.32 Å². The van der Waals surface area contributed by atoms with Gasteiger partial charge in [0.05, 0.1) is 11.8 Å². The van der Waals surface area contributed by atoms with Gasteiger partial charge in [-0.3, -0.25) is 14.4 Å². The quantitative estimate of drug-likeness (QED) is 0.621. The first-order valence-corrected chi connectivity index (χ1v) is 10.5. The molecule has 2 fully saturated rings. The van der Waals surface area contributed by atoms with Crippen LogP contribution in [0.25, 0.3) is 0 Å². The predicted molar refractivity (Wildman–Crippen MR) is 108 cm³/mol. The van der Waals surface area contributed by atoms with Gasteiger partial charge in [-0.25, -0.2) is 4.79 Å². The Bertz CT molecular complexity index is 796. The van der Waals surface area contributed by atoms with Gasteiger partial charge in [0.2, 0.25) is 11.8 Å². The van der Waals surface area contributed by atoms with Gasteiger partial charge in [0.1, 0.15) is 12.1 Å². The molecule has 162 valence electrons. The van der Waals surface area contributed by atoms with E-state index < -0.39 is 47.7 Å². The van der Waals surface area contributed by atoms with Crippen LogP contribution in [0.2, 0.25) is 0 Å². The molecule has 0 radical (unpaired) electrons. The molecule has 4 atom stereocenters. The number of hydrogen-bond acceptors (Lipinski definition) is 4. The molecule has 3 rings (SSSR count). The third-order valence-corrected chi connectivity index (χ3v) is 6.14. The molecule has 1 aromatic rings. The third-order valence-electron chi connectivity index (χ3n) is 6.14. The number of likely N-dealkylation sites (tertiary alicyclic amines) is 1. The van der Waals surface area contributed by atoms with Crippen LogP contribution in [0.15, 0.2) is 30.3 Å². The lowest BCUT2D eigenvalue weighted by molar-refractivity contribution is -0.151. The summed E-state index contributed by atoms with van der Waals surface area (Å²) in [5, 5.41) is 21.7. The molecule has 1 aliphatic heterocycles. The Labute approximate surface area is 175 Å². The van der Waals surface area contributed by atoms with Crippen molar-refractivity contribution in [2.24, 2.45) is 11.8 Å². The number of carboxylic acids is 2. The van der Waals surface area contributed by atoms with Gasteiger partial charge in [-0.15, -0.1) is 0 Å². The van der Waals surface area contributed by atoms with E-state index in [0.29, 0.717) is 32.2 Å². The zero-order valence-electron chi connectivity index (χ0n) is 16.8. The topological polar surface area (TPSA) is 124 Å². The molecular formula is C22H28N2O6. The zero-order chi connectivity index (χ0) is 21.7. The summed E-state index contributed by atoms with van der Waals surface area (Å²) in [7, 11) is 0. The molecule has 8 heteroatoms. The molecule has 30 heavy (non-hydrogen) atoms. The molecule has 0 bridgehead atoms. The monoisotopic (exact) mass is 416 g/mol. The van der Waals surface area contributed by atoms with Gasteiger partial charge in [0, 0.05) is 13.0 Å². The van der Waals surface area contributed by atoms with Crippen LogP contribution in [0.5, 0.6) is 0 Å². The lowest BCUT2D eigenvalue weighted by atomic mass is 9.78. The van der Waals surface area contributed by atoms with Crippen molar-refractivity contribution in [2.45, 2.75) is 57.0 Å². The Kier molecular flexibility index (Phi) is 7.07. The predicted octanol–water partition coefficient (Wildman–Crippen LogP) is 1.68. The summed E-state index contributed by atoms with van der Waals surface area (Å²) >= 11 is 0. The van der Waals surface area contributed by atoms with Crippen molar-refractivity contribution in [3.8, 4) is 0 Å². The second kappa shape index (κ2) is 9.73. The first-order valence-electron chi connectivity index (χ1n) is 10.5. The lowest BCUT2D eigenvalue weighted by Gasteiger charge is -2.31. The van der Waals surface area contributed by atoms with Crippen molar-refractivity contribution in [2.75, 3.05) is 6.54 Å². The molecule has 0 aromatic heterocycles. The number of rotatable bonds is 7. The Morgan fingerprint density at radius 3 is 2.23 bits per heavy atom. The number of hydrogen-bond donors (Lipinski definition) is 3. The van der Waals surface area contributed by atoms with Crippen LogP contribution in [0.4, 0.5) is 0 Å². The number of benzene rings is 1. The average molecular weight is 416 g/mol. The highest BCUT2D eigenvalue weighted by atomic mass is 16.4. The van der Waals surface area contributed by atoms with Crippen LogP contribution in [-0.2, 0) is 25.6 Å². The van der Waals surface area contributed by atoms with Gasteiger partial charge in [0.25, 0.3) is 0 Å². The normalized spacial score (nSPS) is 24.8. The molecule has 1 heterocycles. The van der Waals surface area contributed by atoms with Crippen LogP contribution >= 0.6 is 0 Å². The number of nitrogens with one attached hydrogen (secondary N) is 1. The highest BCUT2D eigenvalue weighted by Crippen LogP contribution is 2.31. The van der Waals surface area contributed by atoms with E-state index in [2.05, 4.69) is 5.32 Å². The summed E-state index contributed by atoms with van der Waals surface area (Å²) in [6.07, 6.45) is 3.65. The Morgan fingerprint density at radius 1 is 0.933 bits per heavy atom. The van der Waals surface area contributed by atoms with Crippen molar-refractivity contribution in [3.63, 3.8) is 0 Å². The average Bonchev–Trinajstić information content (AvgIpc) is 3.23. The van der Waals surface area contributed by atoms with E-state index in [4.69, 9.17) is 0 Å². The van der Waals surface area contributed by atoms with E-state index in [0.717, 1.165) is 18.4 Å². The van der Waals surface area contributed by atoms with Crippen molar-refractivity contribution in [3.05, 3.63) is 35.9 Å². The molecule has 0 spiro atoms. The zero-order valence-corrected chi connectivity index (χ0v) is 16.8. The molecule has 1 saturated carbocycles. The maximum atomic E-state index is 13.2. The number of aliphatic carboxylic acids is 2. The van der Waals surface area contributed by atoms with E-state index in [1.54, 1.807) is 0 Å². The Morgan fingerprint density at radius 2 is 1.60 bits per heavy atom. The minimum Gasteiger partial charge on any atom is -0.481 e. The smallest absolute Gasteiger partial charge is 0.326 e. The van der Waals surface area contributed by atoms with Crippen LogP contribution in [0.1, 0.15) is 44.1 Å². The molecule has 2 unspecified atom stereocenters. The summed E-state index contributed by atoms with van der Waals surface area (Å²) in [6, 6.07) is 7.36. The SMILES string of the molecule is O=C(O)C1CCCCC1C(=O)N[C@@H](Cc1ccccc1)C(=O)N1CCC[C@H]1C(=O)O. The summed E-state index contributed by atoms with van der Waals surface area (Å²) in [5.74, 6) is -4.36. The van der Waals surface area contributed by atoms with E-state index in [9.17, 15) is 29.4 Å². The highest BCUT2D eigenvalue weighted by molar-refractivity contribution is 5.92. The minimum absolute atomic E-state index is 0.221. The molecule has 3 N–H and O–H groups in total. The molecular weight excluding hydrogens is 388 g/mol. The Hall–Kier alpha value is -2.90. The summed E-state index contributed by atoms with van der Waals surface area (Å²) < 4.78 is 0. The number of amides is 2. The molecule has 2 aliphatic rings. The molecule has 1 aliphatic carbocycles. The van der Waals surface area contributed by atoms with E-state index in [-0.39, 0.29) is 6.42 Å². The van der Waals surface area contributed by atoms with Crippen molar-refractivity contribution < 1.29 is 29.4 Å². The summed E-state index contributed by atoms with van der Waals surface area (Å²) in [4.78, 5) is 50.7. The fourth-order valence-corrected chi connectivity index (χ4v) is 4.56. The minimum atomic E-state index is -1.05. The molecule has 2 amide bonds. The maximum Gasteiger partial charge on any atom is 0.326 e. The second-order valence-electron chi connectivity index (χ2n) is 8.11. The molecule has 1 saturated heterocycles. The van der Waals surface area contributed by atoms with Crippen molar-refractivity contribution >= 4 is 23.8 Å². The van der Waals surface area contributed by atoms with Gasteiger partial charge in [-0.2, -0.15) is 0 Å². The van der Waals surface area contributed by atoms with E-state index >= 15 is 0 Å². The van der Waals surface area contributed by atoms with Crippen LogP contribution in [0.3, 0.4) is 0 Å². The standard InChI is InChI=1S/C22H28N2O6/c25-19(15-9-4-5-10-16(15)21(27)28)23-17(13-14-7-2-1-3-8-14)20(26)24-12-6-11-18(24)22(29)30/h1-3,7-8,15-18H,4-6,9-13H2,(H,23,25)(H,27,28)(H,29,30)/t15?,16?,17-,18-/m0/s1. The number of carboxylic acid groups (broad SMARTS) is 2. The highest BCUT2D eigenvalue weighted by Gasteiger charge is 2.40. The first kappa shape index (κ1) is 21.8. The largest absolute Gasteiger partial charge is 0.481 e. The maximum absolute atomic E-state index is 13.2. The third kappa shape index (κ3) is 4.98. The van der Waals surface area contributed by atoms with Gasteiger partial charge < -0.3 is 20.4 Å². The van der Waals surface area contributed by atoms with Gasteiger partial charge >= 0.3 is 11.9 Å². The van der Waals surface area contributed by atoms with Crippen molar-refractivity contribution in [1.82, 2.24) is 10.2 Å². The summed E-state index contributed by atoms with van der Waals surface area (Å²) in [6.45, 7) is 0.331. The lowest BCUT2D eigenvalue weighted by Crippen LogP contribution is -2.54. The number of carbonyl (C=O) groups excluding carboxylic acids is 2. The number of carbonyl (C=O) groups is 4. The van der Waals surface area contributed by atoms with Crippen LogP contribution in [-0.4, -0.2) is 57.5 Å². The van der Waals surface area contributed by atoms with Crippen LogP contribution in [0, 0.1) is 11.8 Å². The van der Waals surface area contributed by atoms with Crippen molar-refractivity contribution in [1.29, 1.82) is 0 Å². The fourth-order valence-electron chi connectivity index (χ4n) is 4.56. The first-order chi connectivity index (χ1) is 14.4. The van der Waals surface area contributed by atoms with E-state index in [1.807, 2.05) is 30.3 Å². The molecule has 1 aromatic carbocycles. The van der Waals surface area contributed by atoms with E-state index in [1.165, 1.54) is 4.90 Å². The van der Waals surface area contributed by atoms with Gasteiger partial charge in [0.15, 0.2) is 0 Å². The molecule has 8 nitrogen and oxygen atoms in total. The fraction of sp³-hybridized carbons (Fsp3) is 0.545. The number of nitrogens with zero attached hydrogens (tertiary/aromatic N) is 1. The Balaban J connectivity index is 1.80. The van der Waals surface area contributed by atoms with Gasteiger partial charge in [-0.05, 0) is 31.2 Å².